The molecule has 166 valence electrons. The summed E-state index contributed by atoms with van der Waals surface area (Å²) in [6, 6.07) is 15.6. The van der Waals surface area contributed by atoms with Crippen LogP contribution in [-0.2, 0) is 6.54 Å². The van der Waals surface area contributed by atoms with Gasteiger partial charge in [-0.15, -0.1) is 0 Å². The van der Waals surface area contributed by atoms with Crippen molar-refractivity contribution >= 4 is 28.5 Å². The number of benzene rings is 2. The maximum Gasteiger partial charge on any atom is 0.336 e. The number of hydrogen-bond acceptors (Lipinski definition) is 4. The van der Waals surface area contributed by atoms with Crippen LogP contribution < -0.4 is 4.74 Å². The Bertz CT molecular complexity index is 1150. The average Bonchev–Trinajstić information content (AvgIpc) is 2.78. The molecule has 1 aromatic heterocycles. The number of nitrogens with zero attached hydrogens (tertiary/aromatic N) is 2. The van der Waals surface area contributed by atoms with E-state index in [4.69, 9.17) is 9.72 Å². The van der Waals surface area contributed by atoms with Gasteiger partial charge in [0.25, 0.3) is 0 Å². The molecule has 1 N–H and O–H groups in total. The van der Waals surface area contributed by atoms with Crippen LogP contribution in [0.5, 0.6) is 5.75 Å². The molecule has 0 saturated carbocycles. The summed E-state index contributed by atoms with van der Waals surface area (Å²) in [6.45, 7) is 9.35. The van der Waals surface area contributed by atoms with Crippen molar-refractivity contribution in [3.05, 3.63) is 70.9 Å². The molecule has 3 aromatic rings. The minimum absolute atomic E-state index is 0.364. The highest BCUT2D eigenvalue weighted by molar-refractivity contribution is 6.06. The maximum atomic E-state index is 12.2. The summed E-state index contributed by atoms with van der Waals surface area (Å²) in [5.74, 6) is 0.579. The first-order valence-corrected chi connectivity index (χ1v) is 11.3. The summed E-state index contributed by atoms with van der Waals surface area (Å²) in [6.07, 6.45) is 3.15. The van der Waals surface area contributed by atoms with Crippen LogP contribution in [0.1, 0.15) is 54.4 Å². The van der Waals surface area contributed by atoms with E-state index in [1.165, 1.54) is 0 Å². The second-order valence-corrected chi connectivity index (χ2v) is 8.71. The normalized spacial score (nSPS) is 15.3. The Morgan fingerprint density at radius 3 is 2.59 bits per heavy atom. The van der Waals surface area contributed by atoms with E-state index in [2.05, 4.69) is 31.7 Å². The molecule has 5 heteroatoms. The molecule has 0 atom stereocenters. The third kappa shape index (κ3) is 4.68. The van der Waals surface area contributed by atoms with Crippen LogP contribution in [0.2, 0.25) is 0 Å². The molecule has 0 spiro atoms. The standard InChI is InChI=1S/C27H30N2O3/c1-4-29-16-20(15-19-9-11-21(12-10-19)32-14-13-18(2)3)26-23(17-29)25(27(30)31)22-7-5-6-8-24(22)28-26/h5-12,15,18H,4,13-14,16-17H2,1-3H3,(H,30,31)/b20-15+. The summed E-state index contributed by atoms with van der Waals surface area (Å²) in [5.41, 5.74) is 4.76. The van der Waals surface area contributed by atoms with Gasteiger partial charge in [0.2, 0.25) is 0 Å². The Labute approximate surface area is 189 Å². The largest absolute Gasteiger partial charge is 0.494 e. The fraction of sp³-hybridized carbons (Fsp3) is 0.333. The zero-order valence-electron chi connectivity index (χ0n) is 19.0. The second-order valence-electron chi connectivity index (χ2n) is 8.71. The van der Waals surface area contributed by atoms with Crippen molar-refractivity contribution in [1.29, 1.82) is 0 Å². The topological polar surface area (TPSA) is 62.7 Å². The van der Waals surface area contributed by atoms with Gasteiger partial charge in [-0.3, -0.25) is 4.90 Å². The minimum atomic E-state index is -0.903. The van der Waals surface area contributed by atoms with Crippen LogP contribution in [0.25, 0.3) is 22.6 Å². The first kappa shape index (κ1) is 22.0. The van der Waals surface area contributed by atoms with Gasteiger partial charge in [0.1, 0.15) is 5.75 Å². The Hall–Kier alpha value is -3.18. The number of para-hydroxylation sites is 1. The maximum absolute atomic E-state index is 12.2. The molecule has 0 saturated heterocycles. The number of fused-ring (bicyclic) bond motifs is 2. The van der Waals surface area contributed by atoms with Crippen molar-refractivity contribution in [3.8, 4) is 5.75 Å². The van der Waals surface area contributed by atoms with E-state index in [0.29, 0.717) is 35.5 Å². The molecular weight excluding hydrogens is 400 g/mol. The van der Waals surface area contributed by atoms with Gasteiger partial charge in [0.05, 0.1) is 23.4 Å². The van der Waals surface area contributed by atoms with Crippen LogP contribution in [0.4, 0.5) is 0 Å². The van der Waals surface area contributed by atoms with Crippen molar-refractivity contribution < 1.29 is 14.6 Å². The van der Waals surface area contributed by atoms with Crippen molar-refractivity contribution in [3.63, 3.8) is 0 Å². The molecule has 0 aliphatic carbocycles. The number of aromatic carboxylic acids is 1. The Balaban J connectivity index is 1.73. The first-order valence-electron chi connectivity index (χ1n) is 11.3. The van der Waals surface area contributed by atoms with Crippen molar-refractivity contribution in [1.82, 2.24) is 9.88 Å². The molecule has 1 aliphatic rings. The SMILES string of the molecule is CCN1C/C(=C\c2ccc(OCCC(C)C)cc2)c2nc3ccccc3c(C(=O)O)c2C1. The number of likely N-dealkylation sites (N-methyl/N-ethyl adjacent to an activating group) is 1. The number of carboxylic acid groups (broad SMARTS) is 1. The van der Waals surface area contributed by atoms with Crippen LogP contribution in [0.15, 0.2) is 48.5 Å². The van der Waals surface area contributed by atoms with Gasteiger partial charge in [0, 0.05) is 24.0 Å². The summed E-state index contributed by atoms with van der Waals surface area (Å²) < 4.78 is 5.84. The zero-order chi connectivity index (χ0) is 22.7. The van der Waals surface area contributed by atoms with Gasteiger partial charge in [-0.25, -0.2) is 9.78 Å². The summed E-state index contributed by atoms with van der Waals surface area (Å²) >= 11 is 0. The van der Waals surface area contributed by atoms with E-state index < -0.39 is 5.97 Å². The molecule has 32 heavy (non-hydrogen) atoms. The van der Waals surface area contributed by atoms with E-state index in [-0.39, 0.29) is 0 Å². The Morgan fingerprint density at radius 2 is 1.91 bits per heavy atom. The summed E-state index contributed by atoms with van der Waals surface area (Å²) in [7, 11) is 0. The molecule has 2 aromatic carbocycles. The number of ether oxygens (including phenoxy) is 1. The van der Waals surface area contributed by atoms with Gasteiger partial charge in [-0.1, -0.05) is 51.1 Å². The lowest BCUT2D eigenvalue weighted by molar-refractivity contribution is 0.0696. The van der Waals surface area contributed by atoms with E-state index in [1.54, 1.807) is 0 Å². The fourth-order valence-corrected chi connectivity index (χ4v) is 4.12. The number of aromatic nitrogens is 1. The third-order valence-corrected chi connectivity index (χ3v) is 5.92. The molecule has 0 bridgehead atoms. The second kappa shape index (κ2) is 9.53. The van der Waals surface area contributed by atoms with Gasteiger partial charge in [-0.05, 0) is 54.3 Å². The molecule has 0 radical (unpaired) electrons. The van der Waals surface area contributed by atoms with Gasteiger partial charge in [-0.2, -0.15) is 0 Å². The van der Waals surface area contributed by atoms with Gasteiger partial charge >= 0.3 is 5.97 Å². The van der Waals surface area contributed by atoms with E-state index in [1.807, 2.05) is 48.5 Å². The van der Waals surface area contributed by atoms with Crippen LogP contribution in [0, 0.1) is 5.92 Å². The lowest BCUT2D eigenvalue weighted by atomic mass is 9.92. The number of carbonyl (C=O) groups is 1. The smallest absolute Gasteiger partial charge is 0.336 e. The summed E-state index contributed by atoms with van der Waals surface area (Å²) in [4.78, 5) is 19.4. The monoisotopic (exact) mass is 430 g/mol. The Morgan fingerprint density at radius 1 is 1.16 bits per heavy atom. The molecule has 5 nitrogen and oxygen atoms in total. The van der Waals surface area contributed by atoms with Crippen LogP contribution in [0.3, 0.4) is 0 Å². The quantitative estimate of drug-likeness (QED) is 0.518. The first-order chi connectivity index (χ1) is 15.5. The fourth-order valence-electron chi connectivity index (χ4n) is 4.12. The number of hydrogen-bond donors (Lipinski definition) is 1. The highest BCUT2D eigenvalue weighted by atomic mass is 16.5. The molecular formula is C27H30N2O3. The van der Waals surface area contributed by atoms with Crippen LogP contribution >= 0.6 is 0 Å². The predicted octanol–water partition coefficient (Wildman–Crippen LogP) is 5.73. The highest BCUT2D eigenvalue weighted by Gasteiger charge is 2.27. The number of carboxylic acids is 1. The van der Waals surface area contributed by atoms with Crippen molar-refractivity contribution in [2.24, 2.45) is 5.92 Å². The molecule has 0 amide bonds. The van der Waals surface area contributed by atoms with Crippen molar-refractivity contribution in [2.75, 3.05) is 19.7 Å². The minimum Gasteiger partial charge on any atom is -0.494 e. The zero-order valence-corrected chi connectivity index (χ0v) is 19.0. The highest BCUT2D eigenvalue weighted by Crippen LogP contribution is 2.34. The number of rotatable bonds is 7. The molecule has 4 rings (SSSR count). The number of pyridine rings is 1. The lowest BCUT2D eigenvalue weighted by Gasteiger charge is -2.30. The van der Waals surface area contributed by atoms with E-state index in [0.717, 1.165) is 47.7 Å². The van der Waals surface area contributed by atoms with Gasteiger partial charge < -0.3 is 9.84 Å². The lowest BCUT2D eigenvalue weighted by Crippen LogP contribution is -2.31. The molecule has 2 heterocycles. The molecule has 0 unspecified atom stereocenters. The Kier molecular flexibility index (Phi) is 6.56. The van der Waals surface area contributed by atoms with Crippen molar-refractivity contribution in [2.45, 2.75) is 33.7 Å². The van der Waals surface area contributed by atoms with Gasteiger partial charge in [0.15, 0.2) is 0 Å². The molecule has 0 fully saturated rings. The summed E-state index contributed by atoms with van der Waals surface area (Å²) in [5, 5.41) is 10.7. The average molecular weight is 431 g/mol. The third-order valence-electron chi connectivity index (χ3n) is 5.92. The van der Waals surface area contributed by atoms with E-state index in [9.17, 15) is 9.90 Å². The van der Waals surface area contributed by atoms with Crippen LogP contribution in [-0.4, -0.2) is 40.7 Å². The predicted molar refractivity (Wildman–Crippen MR) is 129 cm³/mol. The molecule has 1 aliphatic heterocycles. The van der Waals surface area contributed by atoms with E-state index >= 15 is 0 Å².